The summed E-state index contributed by atoms with van der Waals surface area (Å²) in [7, 11) is 0. The Labute approximate surface area is 105 Å². The fourth-order valence-electron chi connectivity index (χ4n) is 1.82. The van der Waals surface area contributed by atoms with Crippen molar-refractivity contribution in [2.75, 3.05) is 0 Å². The van der Waals surface area contributed by atoms with Gasteiger partial charge in [-0.25, -0.2) is 4.39 Å². The van der Waals surface area contributed by atoms with Crippen molar-refractivity contribution >= 4 is 11.6 Å². The van der Waals surface area contributed by atoms with Gasteiger partial charge in [0.15, 0.2) is 0 Å². The Morgan fingerprint density at radius 2 is 2.12 bits per heavy atom. The molecule has 2 aromatic rings. The van der Waals surface area contributed by atoms with Crippen LogP contribution >= 0.6 is 11.6 Å². The van der Waals surface area contributed by atoms with Crippen LogP contribution in [-0.4, -0.2) is 4.57 Å². The molecule has 0 aliphatic heterocycles. The van der Waals surface area contributed by atoms with E-state index in [1.807, 2.05) is 29.8 Å². The van der Waals surface area contributed by atoms with E-state index in [9.17, 15) is 4.39 Å². The Morgan fingerprint density at radius 1 is 1.35 bits per heavy atom. The van der Waals surface area contributed by atoms with Gasteiger partial charge in [0.1, 0.15) is 5.82 Å². The van der Waals surface area contributed by atoms with Crippen molar-refractivity contribution in [2.45, 2.75) is 20.0 Å². The molecule has 2 N–H and O–H groups in total. The van der Waals surface area contributed by atoms with Gasteiger partial charge in [-0.3, -0.25) is 0 Å². The van der Waals surface area contributed by atoms with Crippen LogP contribution in [0.2, 0.25) is 5.02 Å². The molecule has 1 heterocycles. The normalized spacial score (nSPS) is 10.8. The maximum atomic E-state index is 13.3. The third kappa shape index (κ3) is 2.51. The van der Waals surface area contributed by atoms with Gasteiger partial charge in [0.2, 0.25) is 0 Å². The quantitative estimate of drug-likeness (QED) is 0.894. The molecule has 0 aliphatic carbocycles. The van der Waals surface area contributed by atoms with Crippen LogP contribution in [0, 0.1) is 12.7 Å². The zero-order valence-corrected chi connectivity index (χ0v) is 10.3. The van der Waals surface area contributed by atoms with Crippen LogP contribution < -0.4 is 5.73 Å². The molecular weight excluding hydrogens is 239 g/mol. The van der Waals surface area contributed by atoms with Crippen molar-refractivity contribution in [1.29, 1.82) is 0 Å². The summed E-state index contributed by atoms with van der Waals surface area (Å²) in [4.78, 5) is 0. The molecule has 0 unspecified atom stereocenters. The Morgan fingerprint density at radius 3 is 2.71 bits per heavy atom. The molecule has 0 fully saturated rings. The molecule has 0 atom stereocenters. The largest absolute Gasteiger partial charge is 0.347 e. The number of halogens is 2. The van der Waals surface area contributed by atoms with Gasteiger partial charge in [-0.15, -0.1) is 0 Å². The molecule has 0 aliphatic rings. The highest BCUT2D eigenvalue weighted by Crippen LogP contribution is 2.17. The fourth-order valence-corrected chi connectivity index (χ4v) is 1.94. The molecule has 17 heavy (non-hydrogen) atoms. The molecule has 0 saturated heterocycles. The second-order valence-corrected chi connectivity index (χ2v) is 4.41. The number of nitrogens with two attached hydrogens (primary N) is 1. The van der Waals surface area contributed by atoms with E-state index in [1.54, 1.807) is 6.07 Å². The average molecular weight is 253 g/mol. The predicted molar refractivity (Wildman–Crippen MR) is 67.6 cm³/mol. The van der Waals surface area contributed by atoms with Crippen LogP contribution in [-0.2, 0) is 13.1 Å². The van der Waals surface area contributed by atoms with Crippen molar-refractivity contribution in [2.24, 2.45) is 5.73 Å². The smallest absolute Gasteiger partial charge is 0.142 e. The highest BCUT2D eigenvalue weighted by Gasteiger charge is 2.05. The average Bonchev–Trinajstić information content (AvgIpc) is 2.65. The summed E-state index contributed by atoms with van der Waals surface area (Å²) < 4.78 is 15.3. The number of hydrogen-bond acceptors (Lipinski definition) is 1. The molecule has 4 heteroatoms. The van der Waals surface area contributed by atoms with Gasteiger partial charge in [0, 0.05) is 25.0 Å². The van der Waals surface area contributed by atoms with Crippen molar-refractivity contribution in [3.8, 4) is 0 Å². The molecule has 0 radical (unpaired) electrons. The van der Waals surface area contributed by atoms with Gasteiger partial charge >= 0.3 is 0 Å². The number of aromatic nitrogens is 1. The standard InChI is InChI=1S/C13H14ClFN2/c1-9-11(7-16)4-5-17(9)8-10-2-3-12(14)13(15)6-10/h2-6H,7-8,16H2,1H3. The third-order valence-electron chi connectivity index (χ3n) is 2.91. The second-order valence-electron chi connectivity index (χ2n) is 4.01. The van der Waals surface area contributed by atoms with Crippen molar-refractivity contribution in [1.82, 2.24) is 4.57 Å². The third-order valence-corrected chi connectivity index (χ3v) is 3.21. The fraction of sp³-hybridized carbons (Fsp3) is 0.231. The molecule has 0 amide bonds. The highest BCUT2D eigenvalue weighted by molar-refractivity contribution is 6.30. The first-order valence-corrected chi connectivity index (χ1v) is 5.78. The van der Waals surface area contributed by atoms with Crippen LogP contribution in [0.4, 0.5) is 4.39 Å². The van der Waals surface area contributed by atoms with Crippen LogP contribution in [0.3, 0.4) is 0 Å². The number of rotatable bonds is 3. The maximum Gasteiger partial charge on any atom is 0.142 e. The van der Waals surface area contributed by atoms with Crippen LogP contribution in [0.15, 0.2) is 30.5 Å². The molecule has 2 nitrogen and oxygen atoms in total. The molecular formula is C13H14ClFN2. The van der Waals surface area contributed by atoms with Crippen molar-refractivity contribution < 1.29 is 4.39 Å². The molecule has 0 saturated carbocycles. The highest BCUT2D eigenvalue weighted by atomic mass is 35.5. The van der Waals surface area contributed by atoms with Gasteiger partial charge < -0.3 is 10.3 Å². The SMILES string of the molecule is Cc1c(CN)ccn1Cc1ccc(Cl)c(F)c1. The van der Waals surface area contributed by atoms with Crippen molar-refractivity contribution in [3.63, 3.8) is 0 Å². The number of benzene rings is 1. The van der Waals surface area contributed by atoms with E-state index >= 15 is 0 Å². The van der Waals surface area contributed by atoms with Crippen LogP contribution in [0.1, 0.15) is 16.8 Å². The first kappa shape index (κ1) is 12.1. The monoisotopic (exact) mass is 252 g/mol. The lowest BCUT2D eigenvalue weighted by Gasteiger charge is -2.08. The summed E-state index contributed by atoms with van der Waals surface area (Å²) in [6.07, 6.45) is 1.96. The zero-order valence-electron chi connectivity index (χ0n) is 9.58. The summed E-state index contributed by atoms with van der Waals surface area (Å²) in [6.45, 7) is 3.15. The maximum absolute atomic E-state index is 13.3. The van der Waals surface area contributed by atoms with Crippen LogP contribution in [0.5, 0.6) is 0 Å². The first-order chi connectivity index (χ1) is 8.11. The van der Waals surface area contributed by atoms with Gasteiger partial charge in [-0.2, -0.15) is 0 Å². The van der Waals surface area contributed by atoms with E-state index in [0.29, 0.717) is 13.1 Å². The number of nitrogens with zero attached hydrogens (tertiary/aromatic N) is 1. The van der Waals surface area contributed by atoms with E-state index < -0.39 is 0 Å². The topological polar surface area (TPSA) is 30.9 Å². The Hall–Kier alpha value is -1.32. The van der Waals surface area contributed by atoms with E-state index in [-0.39, 0.29) is 10.8 Å². The first-order valence-electron chi connectivity index (χ1n) is 5.40. The van der Waals surface area contributed by atoms with Gasteiger partial charge in [0.05, 0.1) is 5.02 Å². The molecule has 1 aromatic heterocycles. The van der Waals surface area contributed by atoms with Gasteiger partial charge in [-0.1, -0.05) is 17.7 Å². The Bertz CT molecular complexity index is 534. The Kier molecular flexibility index (Phi) is 3.50. The van der Waals surface area contributed by atoms with Crippen molar-refractivity contribution in [3.05, 3.63) is 58.1 Å². The van der Waals surface area contributed by atoms with E-state index in [4.69, 9.17) is 17.3 Å². The van der Waals surface area contributed by atoms with Gasteiger partial charge in [-0.05, 0) is 36.2 Å². The molecule has 90 valence electrons. The molecule has 1 aromatic carbocycles. The van der Waals surface area contributed by atoms with Gasteiger partial charge in [0.25, 0.3) is 0 Å². The van der Waals surface area contributed by atoms with E-state index in [1.165, 1.54) is 6.07 Å². The summed E-state index contributed by atoms with van der Waals surface area (Å²) in [5.41, 5.74) is 8.72. The Balaban J connectivity index is 2.25. The lowest BCUT2D eigenvalue weighted by molar-refractivity contribution is 0.623. The zero-order chi connectivity index (χ0) is 12.4. The lowest BCUT2D eigenvalue weighted by atomic mass is 10.2. The molecule has 0 bridgehead atoms. The summed E-state index contributed by atoms with van der Waals surface area (Å²) >= 11 is 5.64. The van der Waals surface area contributed by atoms with E-state index in [2.05, 4.69) is 0 Å². The minimum atomic E-state index is -0.381. The summed E-state index contributed by atoms with van der Waals surface area (Å²) in [5, 5.41) is 0.153. The van der Waals surface area contributed by atoms with E-state index in [0.717, 1.165) is 16.8 Å². The lowest BCUT2D eigenvalue weighted by Crippen LogP contribution is -2.03. The second kappa shape index (κ2) is 4.90. The number of hydrogen-bond donors (Lipinski definition) is 1. The summed E-state index contributed by atoms with van der Waals surface area (Å²) in [5.74, 6) is -0.381. The summed E-state index contributed by atoms with van der Waals surface area (Å²) in [6, 6.07) is 6.85. The minimum Gasteiger partial charge on any atom is -0.347 e. The molecule has 2 rings (SSSR count). The molecule has 0 spiro atoms. The minimum absolute atomic E-state index is 0.153. The predicted octanol–water partition coefficient (Wildman–Crippen LogP) is 3.10. The van der Waals surface area contributed by atoms with Crippen LogP contribution in [0.25, 0.3) is 0 Å².